The topological polar surface area (TPSA) is 142 Å². The van der Waals surface area contributed by atoms with Gasteiger partial charge in [-0.2, -0.15) is 13.2 Å². The van der Waals surface area contributed by atoms with Crippen molar-refractivity contribution < 1.29 is 18.0 Å². The number of alkyl halides is 3. The molecule has 4 aromatic rings. The second-order valence-electron chi connectivity index (χ2n) is 9.82. The Hall–Kier alpha value is -4.17. The lowest BCUT2D eigenvalue weighted by molar-refractivity contribution is -0.185. The highest BCUT2D eigenvalue weighted by Crippen LogP contribution is 2.19. The lowest BCUT2D eigenvalue weighted by Gasteiger charge is -2.24. The minimum atomic E-state index is -5.05. The van der Waals surface area contributed by atoms with Gasteiger partial charge >= 0.3 is 23.5 Å². The summed E-state index contributed by atoms with van der Waals surface area (Å²) in [6.45, 7) is 0.552. The molecule has 0 aliphatic heterocycles. The molecule has 0 fully saturated rings. The van der Waals surface area contributed by atoms with Crippen LogP contribution in [0.3, 0.4) is 0 Å². The second-order valence-corrected chi connectivity index (χ2v) is 9.82. The van der Waals surface area contributed by atoms with E-state index in [1.165, 1.54) is 0 Å². The Kier molecular flexibility index (Phi) is 11.5. The molecule has 0 unspecified atom stereocenters. The third-order valence-corrected chi connectivity index (χ3v) is 6.89. The van der Waals surface area contributed by atoms with Crippen LogP contribution in [-0.4, -0.2) is 62.3 Å². The molecule has 0 saturated carbocycles. The van der Waals surface area contributed by atoms with Gasteiger partial charge in [0, 0.05) is 26.2 Å². The number of fused-ring (bicyclic) bond motifs is 2. The van der Waals surface area contributed by atoms with Crippen molar-refractivity contribution in [3.05, 3.63) is 90.2 Å². The van der Waals surface area contributed by atoms with E-state index in [0.717, 1.165) is 9.13 Å². The summed E-state index contributed by atoms with van der Waals surface area (Å²) in [4.78, 5) is 67.7. The summed E-state index contributed by atoms with van der Waals surface area (Å²) >= 11 is 0. The van der Waals surface area contributed by atoms with Crippen LogP contribution in [0, 0.1) is 0 Å². The van der Waals surface area contributed by atoms with Crippen molar-refractivity contribution in [3.8, 4) is 0 Å². The number of aromatic amines is 2. The van der Waals surface area contributed by atoms with Gasteiger partial charge in [-0.05, 0) is 63.0 Å². The van der Waals surface area contributed by atoms with Crippen LogP contribution in [0.2, 0.25) is 0 Å². The van der Waals surface area contributed by atoms with Gasteiger partial charge in [0.15, 0.2) is 0 Å². The number of nitrogens with one attached hydrogen (secondary N) is 3. The number of hydrogen-bond acceptors (Lipinski definition) is 6. The molecule has 0 radical (unpaired) electrons. The molecule has 2 aromatic carbocycles. The van der Waals surface area contributed by atoms with Gasteiger partial charge < -0.3 is 20.2 Å². The number of amides is 1. The highest BCUT2D eigenvalue weighted by atomic mass is 35.5. The summed E-state index contributed by atoms with van der Waals surface area (Å²) in [6.07, 6.45) is -3.83. The minimum absolute atomic E-state index is 0. The molecule has 0 aliphatic rings. The van der Waals surface area contributed by atoms with Crippen molar-refractivity contribution in [3.63, 3.8) is 0 Å². The van der Waals surface area contributed by atoms with E-state index in [-0.39, 0.29) is 62.4 Å². The molecular formula is C28H32ClF3N6O5. The molecule has 0 bridgehead atoms. The van der Waals surface area contributed by atoms with Gasteiger partial charge in [0.05, 0.1) is 21.8 Å². The fourth-order valence-electron chi connectivity index (χ4n) is 4.76. The van der Waals surface area contributed by atoms with E-state index >= 15 is 0 Å². The van der Waals surface area contributed by atoms with Crippen LogP contribution in [0.5, 0.6) is 0 Å². The summed E-state index contributed by atoms with van der Waals surface area (Å²) in [5.74, 6) is -1.97. The Morgan fingerprint density at radius 2 is 1.19 bits per heavy atom. The van der Waals surface area contributed by atoms with Crippen LogP contribution in [-0.2, 0) is 17.9 Å². The normalized spacial score (nSPS) is 11.5. The van der Waals surface area contributed by atoms with Crippen molar-refractivity contribution in [2.24, 2.45) is 0 Å². The average molecular weight is 625 g/mol. The number of halogens is 4. The maximum atomic E-state index is 13.2. The first kappa shape index (κ1) is 33.3. The molecule has 0 atom stereocenters. The van der Waals surface area contributed by atoms with E-state index < -0.39 is 29.0 Å². The van der Waals surface area contributed by atoms with Gasteiger partial charge in [0.1, 0.15) is 0 Å². The molecular weight excluding hydrogens is 593 g/mol. The third-order valence-electron chi connectivity index (χ3n) is 6.89. The predicted molar refractivity (Wildman–Crippen MR) is 159 cm³/mol. The summed E-state index contributed by atoms with van der Waals surface area (Å²) in [5.41, 5.74) is -1.27. The van der Waals surface area contributed by atoms with E-state index in [9.17, 15) is 37.1 Å². The molecule has 0 spiro atoms. The van der Waals surface area contributed by atoms with E-state index in [1.807, 2.05) is 0 Å². The van der Waals surface area contributed by atoms with E-state index in [0.29, 0.717) is 47.3 Å². The first-order valence-electron chi connectivity index (χ1n) is 13.6. The Labute approximate surface area is 248 Å². The zero-order valence-corrected chi connectivity index (χ0v) is 23.9. The number of hydrogen-bond donors (Lipinski definition) is 3. The maximum Gasteiger partial charge on any atom is 0.471 e. The molecule has 2 heterocycles. The quantitative estimate of drug-likeness (QED) is 0.195. The summed E-state index contributed by atoms with van der Waals surface area (Å²) in [6, 6.07) is 13.1. The SMILES string of the molecule is Cl.O=C(N(CCCCNCCCn1c(=O)[nH]c2ccccc2c1=O)CCCn1c(=O)[nH]c2ccccc2c1=O)C(F)(F)F. The molecule has 2 aromatic heterocycles. The first-order valence-corrected chi connectivity index (χ1v) is 13.6. The smallest absolute Gasteiger partial charge is 0.335 e. The van der Waals surface area contributed by atoms with Gasteiger partial charge in [0.25, 0.3) is 11.1 Å². The van der Waals surface area contributed by atoms with Gasteiger partial charge in [0.2, 0.25) is 0 Å². The number of para-hydroxylation sites is 2. The molecule has 1 amide bonds. The largest absolute Gasteiger partial charge is 0.471 e. The average Bonchev–Trinajstić information content (AvgIpc) is 2.95. The van der Waals surface area contributed by atoms with Crippen molar-refractivity contribution in [1.29, 1.82) is 0 Å². The predicted octanol–water partition coefficient (Wildman–Crippen LogP) is 2.36. The molecule has 0 saturated heterocycles. The van der Waals surface area contributed by atoms with Gasteiger partial charge in [-0.15, -0.1) is 12.4 Å². The number of nitrogens with zero attached hydrogens (tertiary/aromatic N) is 3. The Bertz CT molecular complexity index is 1800. The van der Waals surface area contributed by atoms with Crippen LogP contribution in [0.25, 0.3) is 21.8 Å². The molecule has 11 nitrogen and oxygen atoms in total. The minimum Gasteiger partial charge on any atom is -0.335 e. The summed E-state index contributed by atoms with van der Waals surface area (Å²) < 4.78 is 41.6. The number of aromatic nitrogens is 4. The maximum absolute atomic E-state index is 13.2. The van der Waals surface area contributed by atoms with Crippen LogP contribution >= 0.6 is 12.4 Å². The van der Waals surface area contributed by atoms with E-state index in [2.05, 4.69) is 15.3 Å². The summed E-state index contributed by atoms with van der Waals surface area (Å²) in [5, 5.41) is 3.82. The fraction of sp³-hybridized carbons (Fsp3) is 0.393. The Balaban J connectivity index is 0.00000506. The standard InChI is InChI=1S/C28H31F3N6O5.ClH/c29-28(30,31)25(40)35(16-8-18-37-24(39)20-10-2-4-12-22(20)34-27(37)42)15-6-5-13-32-14-7-17-36-23(38)19-9-1-3-11-21(19)33-26(36)41;/h1-4,9-12,32H,5-8,13-18H2,(H,33,41)(H,34,42);1H. The highest BCUT2D eigenvalue weighted by molar-refractivity contribution is 5.85. The first-order chi connectivity index (χ1) is 20.1. The number of H-pyrrole nitrogens is 2. The lowest BCUT2D eigenvalue weighted by atomic mass is 10.2. The molecule has 4 rings (SSSR count). The number of unbranched alkanes of at least 4 members (excludes halogenated alkanes) is 1. The summed E-state index contributed by atoms with van der Waals surface area (Å²) in [7, 11) is 0. The third kappa shape index (κ3) is 8.23. The van der Waals surface area contributed by atoms with Gasteiger partial charge in [-0.25, -0.2) is 9.59 Å². The zero-order chi connectivity index (χ0) is 30.3. The molecule has 43 heavy (non-hydrogen) atoms. The number of rotatable bonds is 13. The van der Waals surface area contributed by atoms with Crippen LogP contribution in [0.15, 0.2) is 67.7 Å². The van der Waals surface area contributed by atoms with Crippen molar-refractivity contribution >= 4 is 40.1 Å². The molecule has 3 N–H and O–H groups in total. The molecule has 0 aliphatic carbocycles. The van der Waals surface area contributed by atoms with Crippen LogP contribution in [0.4, 0.5) is 13.2 Å². The van der Waals surface area contributed by atoms with Crippen molar-refractivity contribution in [2.45, 2.75) is 44.9 Å². The number of benzene rings is 2. The van der Waals surface area contributed by atoms with Crippen LogP contribution < -0.4 is 27.8 Å². The fourth-order valence-corrected chi connectivity index (χ4v) is 4.76. The molecule has 15 heteroatoms. The zero-order valence-electron chi connectivity index (χ0n) is 23.1. The Morgan fingerprint density at radius 1 is 0.721 bits per heavy atom. The second kappa shape index (κ2) is 14.8. The van der Waals surface area contributed by atoms with E-state index in [4.69, 9.17) is 0 Å². The monoisotopic (exact) mass is 624 g/mol. The van der Waals surface area contributed by atoms with Crippen molar-refractivity contribution in [2.75, 3.05) is 26.2 Å². The van der Waals surface area contributed by atoms with Gasteiger partial charge in [-0.1, -0.05) is 24.3 Å². The highest BCUT2D eigenvalue weighted by Gasteiger charge is 2.42. The number of carbonyl (C=O) groups is 1. The van der Waals surface area contributed by atoms with Crippen molar-refractivity contribution in [1.82, 2.24) is 29.3 Å². The molecule has 232 valence electrons. The van der Waals surface area contributed by atoms with E-state index in [1.54, 1.807) is 48.5 Å². The lowest BCUT2D eigenvalue weighted by Crippen LogP contribution is -2.43. The number of carbonyl (C=O) groups excluding carboxylic acids is 1. The van der Waals surface area contributed by atoms with Gasteiger partial charge in [-0.3, -0.25) is 23.5 Å². The Morgan fingerprint density at radius 3 is 1.72 bits per heavy atom. The van der Waals surface area contributed by atoms with Crippen LogP contribution in [0.1, 0.15) is 25.7 Å².